The second kappa shape index (κ2) is 9.47. The lowest BCUT2D eigenvalue weighted by atomic mass is 10.1. The molecule has 33 heavy (non-hydrogen) atoms. The maximum atomic E-state index is 13.4. The van der Waals surface area contributed by atoms with E-state index >= 15 is 0 Å². The van der Waals surface area contributed by atoms with Crippen LogP contribution in [-0.2, 0) is 4.79 Å². The van der Waals surface area contributed by atoms with Crippen molar-refractivity contribution in [3.8, 4) is 17.7 Å². The summed E-state index contributed by atoms with van der Waals surface area (Å²) in [5.41, 5.74) is 1.41. The molecule has 0 saturated heterocycles. The number of aryl methyl sites for hydroxylation is 2. The number of aromatic nitrogens is 2. The first-order chi connectivity index (χ1) is 15.9. The lowest BCUT2D eigenvalue weighted by Gasteiger charge is -2.13. The first kappa shape index (κ1) is 22.6. The smallest absolute Gasteiger partial charge is 0.269 e. The molecule has 7 nitrogen and oxygen atoms in total. The number of pyridine rings is 1. The van der Waals surface area contributed by atoms with E-state index in [0.717, 1.165) is 36.8 Å². The van der Waals surface area contributed by atoms with Gasteiger partial charge in [0.15, 0.2) is 0 Å². The highest BCUT2D eigenvalue weighted by atomic mass is 35.5. The number of amides is 1. The van der Waals surface area contributed by atoms with E-state index in [1.54, 1.807) is 30.5 Å². The molecule has 168 valence electrons. The van der Waals surface area contributed by atoms with Gasteiger partial charge in [0.2, 0.25) is 5.88 Å². The third-order valence-electron chi connectivity index (χ3n) is 5.74. The fourth-order valence-electron chi connectivity index (χ4n) is 3.91. The summed E-state index contributed by atoms with van der Waals surface area (Å²) in [5.74, 6) is -0.0610. The molecular formula is C25H23ClN4O3. The number of carbonyl (C=O) groups is 1. The SMILES string of the molecule is Cc1cc(Oc2nc3c(C)cccn3c(=O)c2/C=C(\C#N)C(=O)NC2CCCC2)ccc1Cl. The van der Waals surface area contributed by atoms with Crippen molar-refractivity contribution in [3.63, 3.8) is 0 Å². The number of hydrogen-bond donors (Lipinski definition) is 1. The van der Waals surface area contributed by atoms with E-state index in [-0.39, 0.29) is 23.1 Å². The van der Waals surface area contributed by atoms with Crippen molar-refractivity contribution in [2.24, 2.45) is 0 Å². The van der Waals surface area contributed by atoms with Gasteiger partial charge in [-0.1, -0.05) is 30.5 Å². The molecule has 1 saturated carbocycles. The Morgan fingerprint density at radius 3 is 2.73 bits per heavy atom. The molecule has 0 aliphatic heterocycles. The summed E-state index contributed by atoms with van der Waals surface area (Å²) in [6.45, 7) is 3.67. The number of halogens is 1. The number of fused-ring (bicyclic) bond motifs is 1. The highest BCUT2D eigenvalue weighted by Crippen LogP contribution is 2.28. The van der Waals surface area contributed by atoms with Crippen molar-refractivity contribution < 1.29 is 9.53 Å². The minimum absolute atomic E-state index is 0.0115. The number of hydrogen-bond acceptors (Lipinski definition) is 5. The van der Waals surface area contributed by atoms with E-state index in [1.807, 2.05) is 26.0 Å². The molecule has 0 atom stereocenters. The first-order valence-corrected chi connectivity index (χ1v) is 11.1. The van der Waals surface area contributed by atoms with Gasteiger partial charge in [0, 0.05) is 17.3 Å². The number of nitriles is 1. The predicted molar refractivity (Wildman–Crippen MR) is 126 cm³/mol. The first-order valence-electron chi connectivity index (χ1n) is 10.8. The molecule has 1 N–H and O–H groups in total. The number of rotatable bonds is 5. The van der Waals surface area contributed by atoms with E-state index in [0.29, 0.717) is 16.4 Å². The largest absolute Gasteiger partial charge is 0.438 e. The van der Waals surface area contributed by atoms with Crippen molar-refractivity contribution in [2.45, 2.75) is 45.6 Å². The maximum Gasteiger partial charge on any atom is 0.269 e. The molecule has 2 aromatic heterocycles. The number of nitrogens with one attached hydrogen (secondary N) is 1. The van der Waals surface area contributed by atoms with Crippen molar-refractivity contribution in [2.75, 3.05) is 0 Å². The molecular weight excluding hydrogens is 440 g/mol. The van der Waals surface area contributed by atoms with Gasteiger partial charge in [0.05, 0.1) is 0 Å². The normalized spacial score (nSPS) is 14.3. The zero-order valence-electron chi connectivity index (χ0n) is 18.4. The van der Waals surface area contributed by atoms with Crippen LogP contribution in [0.5, 0.6) is 11.6 Å². The van der Waals surface area contributed by atoms with Crippen molar-refractivity contribution in [1.82, 2.24) is 14.7 Å². The van der Waals surface area contributed by atoms with Gasteiger partial charge < -0.3 is 10.1 Å². The third kappa shape index (κ3) is 4.76. The second-order valence-electron chi connectivity index (χ2n) is 8.16. The number of benzene rings is 1. The zero-order chi connectivity index (χ0) is 23.5. The van der Waals surface area contributed by atoms with Crippen molar-refractivity contribution in [3.05, 3.63) is 74.2 Å². The van der Waals surface area contributed by atoms with Gasteiger partial charge in [0.1, 0.15) is 28.6 Å². The molecule has 2 heterocycles. The van der Waals surface area contributed by atoms with E-state index in [4.69, 9.17) is 16.3 Å². The van der Waals surface area contributed by atoms with Crippen LogP contribution in [0.3, 0.4) is 0 Å². The van der Waals surface area contributed by atoms with Gasteiger partial charge in [-0.25, -0.2) is 0 Å². The summed E-state index contributed by atoms with van der Waals surface area (Å²) in [4.78, 5) is 30.7. The minimum Gasteiger partial charge on any atom is -0.438 e. The third-order valence-corrected chi connectivity index (χ3v) is 6.16. The molecule has 1 aliphatic carbocycles. The Kier molecular flexibility index (Phi) is 6.47. The van der Waals surface area contributed by atoms with Gasteiger partial charge in [0.25, 0.3) is 11.5 Å². The predicted octanol–water partition coefficient (Wildman–Crippen LogP) is 4.72. The van der Waals surface area contributed by atoms with Crippen LogP contribution in [0.15, 0.2) is 46.9 Å². The molecule has 8 heteroatoms. The molecule has 0 radical (unpaired) electrons. The van der Waals surface area contributed by atoms with E-state index in [9.17, 15) is 14.9 Å². The molecule has 3 aromatic rings. The van der Waals surface area contributed by atoms with Gasteiger partial charge in [-0.15, -0.1) is 0 Å². The summed E-state index contributed by atoms with van der Waals surface area (Å²) in [6, 6.07) is 10.6. The number of carbonyl (C=O) groups excluding carboxylic acids is 1. The van der Waals surface area contributed by atoms with Crippen LogP contribution in [0.2, 0.25) is 5.02 Å². The lowest BCUT2D eigenvalue weighted by Crippen LogP contribution is -2.33. The van der Waals surface area contributed by atoms with Crippen LogP contribution < -0.4 is 15.6 Å². The molecule has 1 aliphatic rings. The number of nitrogens with zero attached hydrogens (tertiary/aromatic N) is 3. The Labute approximate surface area is 196 Å². The Morgan fingerprint density at radius 2 is 2.03 bits per heavy atom. The van der Waals surface area contributed by atoms with Crippen molar-refractivity contribution >= 4 is 29.2 Å². The minimum atomic E-state index is -0.508. The fraction of sp³-hybridized carbons (Fsp3) is 0.280. The van der Waals surface area contributed by atoms with Crippen LogP contribution >= 0.6 is 11.6 Å². The summed E-state index contributed by atoms with van der Waals surface area (Å²) < 4.78 is 7.36. The quantitative estimate of drug-likeness (QED) is 0.437. The summed E-state index contributed by atoms with van der Waals surface area (Å²) in [7, 11) is 0. The van der Waals surface area contributed by atoms with Crippen LogP contribution in [0.4, 0.5) is 0 Å². The standard InChI is InChI=1S/C25H23ClN4O3/c1-15-6-5-11-30-22(15)29-24(33-19-9-10-21(26)16(2)12-19)20(25(30)32)13-17(14-27)23(31)28-18-7-3-4-8-18/h5-6,9-13,18H,3-4,7-8H2,1-2H3,(H,28,31)/b17-13+. The molecule has 1 aromatic carbocycles. The van der Waals surface area contributed by atoms with Crippen LogP contribution in [0, 0.1) is 25.2 Å². The van der Waals surface area contributed by atoms with Gasteiger partial charge in [-0.05, 0) is 68.2 Å². The molecule has 0 unspecified atom stereocenters. The van der Waals surface area contributed by atoms with Gasteiger partial charge >= 0.3 is 0 Å². The Morgan fingerprint density at radius 1 is 1.27 bits per heavy atom. The van der Waals surface area contributed by atoms with Crippen LogP contribution in [-0.4, -0.2) is 21.3 Å². The second-order valence-corrected chi connectivity index (χ2v) is 8.57. The van der Waals surface area contributed by atoms with Gasteiger partial charge in [-0.3, -0.25) is 14.0 Å². The maximum absolute atomic E-state index is 13.4. The Hall–Kier alpha value is -3.63. The molecule has 0 bridgehead atoms. The molecule has 4 rings (SSSR count). The Balaban J connectivity index is 1.83. The number of ether oxygens (including phenoxy) is 1. The molecule has 1 fully saturated rings. The monoisotopic (exact) mass is 462 g/mol. The topological polar surface area (TPSA) is 96.5 Å². The summed E-state index contributed by atoms with van der Waals surface area (Å²) >= 11 is 6.12. The van der Waals surface area contributed by atoms with E-state index in [2.05, 4.69) is 10.3 Å². The van der Waals surface area contributed by atoms with E-state index < -0.39 is 11.5 Å². The van der Waals surface area contributed by atoms with Crippen LogP contribution in [0.25, 0.3) is 11.7 Å². The molecule has 1 amide bonds. The molecule has 0 spiro atoms. The average molecular weight is 463 g/mol. The fourth-order valence-corrected chi connectivity index (χ4v) is 4.03. The highest BCUT2D eigenvalue weighted by Gasteiger charge is 2.21. The highest BCUT2D eigenvalue weighted by molar-refractivity contribution is 6.31. The van der Waals surface area contributed by atoms with Crippen LogP contribution in [0.1, 0.15) is 42.4 Å². The summed E-state index contributed by atoms with van der Waals surface area (Å²) in [6.07, 6.45) is 6.71. The summed E-state index contributed by atoms with van der Waals surface area (Å²) in [5, 5.41) is 13.1. The zero-order valence-corrected chi connectivity index (χ0v) is 19.1. The van der Waals surface area contributed by atoms with Gasteiger partial charge in [-0.2, -0.15) is 10.2 Å². The Bertz CT molecular complexity index is 1360. The lowest BCUT2D eigenvalue weighted by molar-refractivity contribution is -0.117. The van der Waals surface area contributed by atoms with Crippen molar-refractivity contribution in [1.29, 1.82) is 5.26 Å². The average Bonchev–Trinajstić information content (AvgIpc) is 3.30. The van der Waals surface area contributed by atoms with E-state index in [1.165, 1.54) is 10.5 Å².